The molecule has 0 radical (unpaired) electrons. The summed E-state index contributed by atoms with van der Waals surface area (Å²) in [6.07, 6.45) is 0. The summed E-state index contributed by atoms with van der Waals surface area (Å²) in [5, 5.41) is 6.98. The van der Waals surface area contributed by atoms with E-state index in [0.29, 0.717) is 18.2 Å². The number of aryl methyl sites for hydroxylation is 1. The number of aromatic nitrogens is 4. The van der Waals surface area contributed by atoms with Crippen LogP contribution in [0.2, 0.25) is 0 Å². The van der Waals surface area contributed by atoms with E-state index in [1.165, 1.54) is 16.8 Å². The van der Waals surface area contributed by atoms with Crippen molar-refractivity contribution in [1.82, 2.24) is 19.3 Å². The van der Waals surface area contributed by atoms with Crippen LogP contribution in [0.5, 0.6) is 5.75 Å². The Kier molecular flexibility index (Phi) is 5.56. The summed E-state index contributed by atoms with van der Waals surface area (Å²) in [5.41, 5.74) is 1.56. The van der Waals surface area contributed by atoms with Crippen molar-refractivity contribution in [3.8, 4) is 5.75 Å². The highest BCUT2D eigenvalue weighted by Gasteiger charge is 2.15. The minimum Gasteiger partial charge on any atom is -0.492 e. The van der Waals surface area contributed by atoms with Gasteiger partial charge in [-0.25, -0.2) is 9.67 Å². The summed E-state index contributed by atoms with van der Waals surface area (Å²) in [7, 11) is 0. The fourth-order valence-electron chi connectivity index (χ4n) is 3.15. The third-order valence-corrected chi connectivity index (χ3v) is 4.61. The lowest BCUT2D eigenvalue weighted by atomic mass is 10.3. The Labute approximate surface area is 172 Å². The van der Waals surface area contributed by atoms with Crippen LogP contribution < -0.4 is 15.6 Å². The molecule has 0 aliphatic rings. The molecule has 0 saturated heterocycles. The molecule has 2 heterocycles. The second-order valence-electron chi connectivity index (χ2n) is 6.56. The van der Waals surface area contributed by atoms with Gasteiger partial charge in [0, 0.05) is 12.6 Å². The maximum absolute atomic E-state index is 12.7. The first kappa shape index (κ1) is 19.4. The normalized spacial score (nSPS) is 10.8. The SMILES string of the molecule is CCn1c(NC(=O)c2ccc(=O)n(CCOc3ccccc3)n2)nc2ccccc21. The van der Waals surface area contributed by atoms with E-state index < -0.39 is 5.91 Å². The van der Waals surface area contributed by atoms with E-state index >= 15 is 0 Å². The second kappa shape index (κ2) is 8.60. The van der Waals surface area contributed by atoms with Gasteiger partial charge in [-0.05, 0) is 37.3 Å². The highest BCUT2D eigenvalue weighted by molar-refractivity contribution is 6.02. The van der Waals surface area contributed by atoms with Crippen LogP contribution in [-0.2, 0) is 13.1 Å². The van der Waals surface area contributed by atoms with Crippen LogP contribution in [0.15, 0.2) is 71.5 Å². The minimum atomic E-state index is -0.433. The lowest BCUT2D eigenvalue weighted by molar-refractivity contribution is 0.101. The van der Waals surface area contributed by atoms with E-state index in [1.807, 2.05) is 66.1 Å². The highest BCUT2D eigenvalue weighted by Crippen LogP contribution is 2.19. The van der Waals surface area contributed by atoms with Gasteiger partial charge in [0.2, 0.25) is 5.95 Å². The number of fused-ring (bicyclic) bond motifs is 1. The Balaban J connectivity index is 1.49. The number of ether oxygens (including phenoxy) is 1. The van der Waals surface area contributed by atoms with Crippen molar-refractivity contribution in [2.75, 3.05) is 11.9 Å². The van der Waals surface area contributed by atoms with Gasteiger partial charge in [0.1, 0.15) is 18.1 Å². The topological polar surface area (TPSA) is 91.0 Å². The third-order valence-electron chi connectivity index (χ3n) is 4.61. The predicted octanol–water partition coefficient (Wildman–Crippen LogP) is 2.94. The first-order valence-electron chi connectivity index (χ1n) is 9.68. The summed E-state index contributed by atoms with van der Waals surface area (Å²) in [6.45, 7) is 3.12. The van der Waals surface area contributed by atoms with Crippen molar-refractivity contribution in [2.24, 2.45) is 0 Å². The molecule has 8 heteroatoms. The van der Waals surface area contributed by atoms with Crippen LogP contribution in [0, 0.1) is 0 Å². The van der Waals surface area contributed by atoms with Gasteiger partial charge < -0.3 is 9.30 Å². The number of hydrogen-bond acceptors (Lipinski definition) is 5. The minimum absolute atomic E-state index is 0.129. The molecule has 1 N–H and O–H groups in total. The van der Waals surface area contributed by atoms with Crippen LogP contribution >= 0.6 is 0 Å². The molecule has 0 aliphatic carbocycles. The van der Waals surface area contributed by atoms with Crippen LogP contribution in [0.25, 0.3) is 11.0 Å². The van der Waals surface area contributed by atoms with Crippen molar-refractivity contribution < 1.29 is 9.53 Å². The van der Waals surface area contributed by atoms with Gasteiger partial charge >= 0.3 is 0 Å². The monoisotopic (exact) mass is 403 g/mol. The molecule has 8 nitrogen and oxygen atoms in total. The molecule has 0 bridgehead atoms. The van der Waals surface area contributed by atoms with E-state index in [9.17, 15) is 9.59 Å². The summed E-state index contributed by atoms with van der Waals surface area (Å²) in [5.74, 6) is 0.714. The largest absolute Gasteiger partial charge is 0.492 e. The Morgan fingerprint density at radius 2 is 1.80 bits per heavy atom. The fourth-order valence-corrected chi connectivity index (χ4v) is 3.15. The average Bonchev–Trinajstić information content (AvgIpc) is 3.12. The molecule has 2 aromatic heterocycles. The molecule has 0 aliphatic heterocycles. The lowest BCUT2D eigenvalue weighted by Gasteiger charge is -2.10. The summed E-state index contributed by atoms with van der Waals surface area (Å²) in [6, 6.07) is 19.7. The van der Waals surface area contributed by atoms with E-state index in [1.54, 1.807) is 0 Å². The van der Waals surface area contributed by atoms with Crippen LogP contribution in [0.1, 0.15) is 17.4 Å². The predicted molar refractivity (Wildman–Crippen MR) is 114 cm³/mol. The molecule has 0 spiro atoms. The molecule has 0 unspecified atom stereocenters. The number of amides is 1. The average molecular weight is 403 g/mol. The van der Waals surface area contributed by atoms with Gasteiger partial charge in [-0.2, -0.15) is 5.10 Å². The van der Waals surface area contributed by atoms with Crippen LogP contribution in [0.4, 0.5) is 5.95 Å². The zero-order valence-electron chi connectivity index (χ0n) is 16.5. The number of rotatable bonds is 7. The number of nitrogens with one attached hydrogen (secondary N) is 1. The standard InChI is InChI=1S/C22H21N5O3/c1-2-26-19-11-7-6-10-17(19)23-22(26)24-21(29)18-12-13-20(28)27(25-18)14-15-30-16-8-4-3-5-9-16/h3-13H,2,14-15H2,1H3,(H,23,24,29). The Morgan fingerprint density at radius 3 is 2.60 bits per heavy atom. The zero-order chi connectivity index (χ0) is 20.9. The molecule has 152 valence electrons. The molecule has 0 saturated carbocycles. The molecular formula is C22H21N5O3. The lowest BCUT2D eigenvalue weighted by Crippen LogP contribution is -2.28. The zero-order valence-corrected chi connectivity index (χ0v) is 16.5. The van der Waals surface area contributed by atoms with Crippen molar-refractivity contribution in [3.63, 3.8) is 0 Å². The fraction of sp³-hybridized carbons (Fsp3) is 0.182. The molecule has 0 fully saturated rings. The van der Waals surface area contributed by atoms with E-state index in [4.69, 9.17) is 4.74 Å². The second-order valence-corrected chi connectivity index (χ2v) is 6.56. The first-order chi connectivity index (χ1) is 14.7. The van der Waals surface area contributed by atoms with Gasteiger partial charge in [-0.15, -0.1) is 0 Å². The van der Waals surface area contributed by atoms with Crippen molar-refractivity contribution in [1.29, 1.82) is 0 Å². The number of anilines is 1. The van der Waals surface area contributed by atoms with Gasteiger partial charge in [0.15, 0.2) is 0 Å². The van der Waals surface area contributed by atoms with Crippen molar-refractivity contribution >= 4 is 22.9 Å². The number of benzene rings is 2. The molecular weight excluding hydrogens is 382 g/mol. The molecule has 4 aromatic rings. The number of para-hydroxylation sites is 3. The highest BCUT2D eigenvalue weighted by atomic mass is 16.5. The van der Waals surface area contributed by atoms with Crippen LogP contribution in [-0.4, -0.2) is 31.8 Å². The maximum atomic E-state index is 12.7. The van der Waals surface area contributed by atoms with Crippen molar-refractivity contribution in [3.05, 3.63) is 82.8 Å². The Morgan fingerprint density at radius 1 is 1.03 bits per heavy atom. The molecule has 1 amide bonds. The quantitative estimate of drug-likeness (QED) is 0.512. The number of imidazole rings is 1. The number of nitrogens with zero attached hydrogens (tertiary/aromatic N) is 4. The summed E-state index contributed by atoms with van der Waals surface area (Å²) >= 11 is 0. The Hall–Kier alpha value is -3.94. The molecule has 2 aromatic carbocycles. The summed E-state index contributed by atoms with van der Waals surface area (Å²) < 4.78 is 8.75. The number of carbonyl (C=O) groups is 1. The summed E-state index contributed by atoms with van der Waals surface area (Å²) in [4.78, 5) is 29.3. The number of carbonyl (C=O) groups excluding carboxylic acids is 1. The maximum Gasteiger partial charge on any atom is 0.278 e. The number of hydrogen-bond donors (Lipinski definition) is 1. The van der Waals surface area contributed by atoms with Gasteiger partial charge in [0.05, 0.1) is 17.6 Å². The Bertz CT molecular complexity index is 1230. The van der Waals surface area contributed by atoms with E-state index in [2.05, 4.69) is 15.4 Å². The first-order valence-corrected chi connectivity index (χ1v) is 9.68. The van der Waals surface area contributed by atoms with Crippen LogP contribution in [0.3, 0.4) is 0 Å². The molecule has 30 heavy (non-hydrogen) atoms. The molecule has 4 rings (SSSR count). The van der Waals surface area contributed by atoms with Gasteiger partial charge in [-0.3, -0.25) is 14.9 Å². The van der Waals surface area contributed by atoms with E-state index in [0.717, 1.165) is 11.0 Å². The third kappa shape index (κ3) is 4.07. The van der Waals surface area contributed by atoms with Gasteiger partial charge in [-0.1, -0.05) is 30.3 Å². The van der Waals surface area contributed by atoms with Gasteiger partial charge in [0.25, 0.3) is 11.5 Å². The van der Waals surface area contributed by atoms with E-state index in [-0.39, 0.29) is 24.4 Å². The smallest absolute Gasteiger partial charge is 0.278 e. The van der Waals surface area contributed by atoms with Crippen molar-refractivity contribution in [2.45, 2.75) is 20.0 Å². The molecule has 0 atom stereocenters.